The second kappa shape index (κ2) is 68.8. The van der Waals surface area contributed by atoms with Crippen molar-refractivity contribution >= 4 is 5.91 Å². The molecule has 0 spiro atoms. The van der Waals surface area contributed by atoms with Gasteiger partial charge >= 0.3 is 0 Å². The van der Waals surface area contributed by atoms with E-state index in [2.05, 4.69) is 92.1 Å². The molecule has 2 unspecified atom stereocenters. The number of amides is 1. The fourth-order valence-corrected chi connectivity index (χ4v) is 10.6. The van der Waals surface area contributed by atoms with E-state index in [4.69, 9.17) is 0 Å². The molecule has 0 aromatic heterocycles. The van der Waals surface area contributed by atoms with E-state index >= 15 is 0 Å². The summed E-state index contributed by atoms with van der Waals surface area (Å²) >= 11 is 0. The molecule has 0 fully saturated rings. The molecule has 0 heterocycles. The van der Waals surface area contributed by atoms with Crippen LogP contribution in [0.25, 0.3) is 0 Å². The van der Waals surface area contributed by atoms with Crippen LogP contribution in [0.3, 0.4) is 0 Å². The summed E-state index contributed by atoms with van der Waals surface area (Å²) in [6, 6.07) is -0.649. The van der Waals surface area contributed by atoms with Crippen LogP contribution in [0.1, 0.15) is 361 Å². The molecule has 0 aliphatic carbocycles. The van der Waals surface area contributed by atoms with Crippen LogP contribution in [0, 0.1) is 0 Å². The molecule has 0 radical (unpaired) electrons. The number of allylic oxidation sites excluding steroid dienone is 13. The maximum Gasteiger partial charge on any atom is 0.220 e. The van der Waals surface area contributed by atoms with Crippen molar-refractivity contribution in [3.8, 4) is 0 Å². The lowest BCUT2D eigenvalue weighted by Gasteiger charge is -2.19. The monoisotopic (exact) mass is 1090 g/mol. The lowest BCUT2D eigenvalue weighted by atomic mass is 10.0. The molecular formula is C74H135NO3. The molecule has 0 saturated heterocycles. The average molecular weight is 1090 g/mol. The van der Waals surface area contributed by atoms with Gasteiger partial charge in [0.05, 0.1) is 18.8 Å². The Morgan fingerprint density at radius 1 is 0.321 bits per heavy atom. The Bertz CT molecular complexity index is 1370. The van der Waals surface area contributed by atoms with E-state index in [9.17, 15) is 15.0 Å². The van der Waals surface area contributed by atoms with Gasteiger partial charge < -0.3 is 15.5 Å². The summed E-state index contributed by atoms with van der Waals surface area (Å²) in [6.45, 7) is 4.21. The number of aliphatic hydroxyl groups is 2. The van der Waals surface area contributed by atoms with E-state index in [1.165, 1.54) is 276 Å². The van der Waals surface area contributed by atoms with Crippen molar-refractivity contribution < 1.29 is 15.0 Å². The minimum atomic E-state index is -0.873. The minimum Gasteiger partial charge on any atom is -0.394 e. The zero-order chi connectivity index (χ0) is 56.2. The highest BCUT2D eigenvalue weighted by Gasteiger charge is 2.18. The molecular weight excluding hydrogens is 951 g/mol. The van der Waals surface area contributed by atoms with Crippen LogP contribution >= 0.6 is 0 Å². The molecule has 0 saturated carbocycles. The van der Waals surface area contributed by atoms with Gasteiger partial charge in [-0.05, 0) is 83.5 Å². The highest BCUT2D eigenvalue weighted by molar-refractivity contribution is 5.76. The summed E-state index contributed by atoms with van der Waals surface area (Å²) in [5.41, 5.74) is 0. The summed E-state index contributed by atoms with van der Waals surface area (Å²) in [5.74, 6) is -0.0726. The fourth-order valence-electron chi connectivity index (χ4n) is 10.6. The molecule has 1 amide bonds. The zero-order valence-electron chi connectivity index (χ0n) is 52.4. The number of aliphatic hydroxyl groups excluding tert-OH is 2. The molecule has 0 aromatic rings. The number of nitrogens with one attached hydrogen (secondary N) is 1. The Balaban J connectivity index is 3.46. The molecule has 2 atom stereocenters. The van der Waals surface area contributed by atoms with Gasteiger partial charge in [-0.1, -0.05) is 356 Å². The van der Waals surface area contributed by atoms with E-state index in [1.807, 2.05) is 6.08 Å². The van der Waals surface area contributed by atoms with E-state index in [0.717, 1.165) is 64.2 Å². The van der Waals surface area contributed by atoms with Crippen molar-refractivity contribution in [1.82, 2.24) is 5.32 Å². The quantitative estimate of drug-likeness (QED) is 0.0420. The van der Waals surface area contributed by atoms with E-state index < -0.39 is 12.1 Å². The highest BCUT2D eigenvalue weighted by atomic mass is 16.3. The molecule has 0 aliphatic rings. The summed E-state index contributed by atoms with van der Waals surface area (Å²) in [6.07, 6.45) is 101. The van der Waals surface area contributed by atoms with E-state index in [0.29, 0.717) is 6.42 Å². The number of carbonyl (C=O) groups excluding carboxylic acids is 1. The van der Waals surface area contributed by atoms with Gasteiger partial charge in [0.15, 0.2) is 0 Å². The second-order valence-corrected chi connectivity index (χ2v) is 23.6. The molecule has 4 heteroatoms. The Morgan fingerprint density at radius 2 is 0.577 bits per heavy atom. The van der Waals surface area contributed by atoms with Gasteiger partial charge in [0, 0.05) is 6.42 Å². The summed E-state index contributed by atoms with van der Waals surface area (Å²) in [5, 5.41) is 23.2. The minimum absolute atomic E-state index is 0.0726. The first kappa shape index (κ1) is 75.6. The Morgan fingerprint density at radius 3 is 0.897 bits per heavy atom. The van der Waals surface area contributed by atoms with Gasteiger partial charge in [-0.2, -0.15) is 0 Å². The lowest BCUT2D eigenvalue weighted by molar-refractivity contribution is -0.123. The molecule has 78 heavy (non-hydrogen) atoms. The SMILES string of the molecule is CC/C=C\C/C=C\C/C=C\C/C=C\CCCCCCCCCCCCCCCCCCCCCCCCCCCCC(=O)NC(CO)C(O)/C=C/CC/C=C/CC/C=C/CCCCCCCCCCCCCCCCCCC. The number of hydrogen-bond acceptors (Lipinski definition) is 3. The molecule has 3 N–H and O–H groups in total. The third-order valence-corrected chi connectivity index (χ3v) is 15.8. The van der Waals surface area contributed by atoms with Crippen molar-refractivity contribution in [3.63, 3.8) is 0 Å². The highest BCUT2D eigenvalue weighted by Crippen LogP contribution is 2.18. The van der Waals surface area contributed by atoms with Crippen LogP contribution in [-0.2, 0) is 4.79 Å². The number of rotatable bonds is 64. The van der Waals surface area contributed by atoms with Gasteiger partial charge in [0.1, 0.15) is 0 Å². The Kier molecular flexibility index (Phi) is 66.7. The van der Waals surface area contributed by atoms with Crippen molar-refractivity contribution in [1.29, 1.82) is 0 Å². The summed E-state index contributed by atoms with van der Waals surface area (Å²) in [4.78, 5) is 12.5. The number of unbranched alkanes of at least 4 members (excludes halogenated alkanes) is 45. The third kappa shape index (κ3) is 64.4. The second-order valence-electron chi connectivity index (χ2n) is 23.6. The fraction of sp³-hybridized carbons (Fsp3) is 0.797. The lowest BCUT2D eigenvalue weighted by Crippen LogP contribution is -2.45. The van der Waals surface area contributed by atoms with E-state index in [-0.39, 0.29) is 12.5 Å². The molecule has 4 nitrogen and oxygen atoms in total. The molecule has 0 rings (SSSR count). The standard InChI is InChI=1S/C74H135NO3/c1-3-5-7-9-11-13-15-17-19-21-23-25-27-29-31-32-33-34-35-36-37-38-39-40-41-42-44-46-48-50-52-54-56-58-60-62-64-66-68-70-74(78)75-72(71-76)73(77)69-67-65-63-61-59-57-55-53-51-49-47-45-43-30-28-26-24-22-20-18-16-14-12-10-8-6-4-2/h5,7,11,13,17,19,23,25,51,53,59,61,67,69,72-73,76-77H,3-4,6,8-10,12,14-16,18,20-22,24,26-50,52,54-58,60,62-66,68,70-71H2,1-2H3,(H,75,78)/b7-5-,13-11-,19-17-,25-23-,53-51+,61-59+,69-67+. The topological polar surface area (TPSA) is 69.6 Å². The number of hydrogen-bond donors (Lipinski definition) is 3. The van der Waals surface area contributed by atoms with Crippen LogP contribution < -0.4 is 5.32 Å². The van der Waals surface area contributed by atoms with Crippen LogP contribution in [0.5, 0.6) is 0 Å². The van der Waals surface area contributed by atoms with Crippen molar-refractivity contribution in [2.75, 3.05) is 6.61 Å². The largest absolute Gasteiger partial charge is 0.394 e. The van der Waals surface area contributed by atoms with Gasteiger partial charge in [0.25, 0.3) is 0 Å². The van der Waals surface area contributed by atoms with Crippen molar-refractivity contribution in [2.24, 2.45) is 0 Å². The van der Waals surface area contributed by atoms with Crippen LogP contribution in [0.15, 0.2) is 85.1 Å². The summed E-state index contributed by atoms with van der Waals surface area (Å²) < 4.78 is 0. The summed E-state index contributed by atoms with van der Waals surface area (Å²) in [7, 11) is 0. The smallest absolute Gasteiger partial charge is 0.220 e. The van der Waals surface area contributed by atoms with Crippen LogP contribution in [-0.4, -0.2) is 34.9 Å². The first-order valence-corrected chi connectivity index (χ1v) is 34.8. The maximum absolute atomic E-state index is 12.5. The van der Waals surface area contributed by atoms with Crippen molar-refractivity contribution in [2.45, 2.75) is 373 Å². The molecule has 0 aliphatic heterocycles. The van der Waals surface area contributed by atoms with Gasteiger partial charge in [-0.25, -0.2) is 0 Å². The zero-order valence-corrected chi connectivity index (χ0v) is 52.4. The first-order chi connectivity index (χ1) is 38.7. The third-order valence-electron chi connectivity index (χ3n) is 15.8. The normalized spacial score (nSPS) is 13.2. The molecule has 454 valence electrons. The first-order valence-electron chi connectivity index (χ1n) is 34.8. The predicted molar refractivity (Wildman–Crippen MR) is 350 cm³/mol. The Labute approximate surface area is 488 Å². The van der Waals surface area contributed by atoms with Crippen LogP contribution in [0.4, 0.5) is 0 Å². The van der Waals surface area contributed by atoms with Crippen molar-refractivity contribution in [3.05, 3.63) is 85.1 Å². The predicted octanol–water partition coefficient (Wildman–Crippen LogP) is 23.8. The maximum atomic E-state index is 12.5. The van der Waals surface area contributed by atoms with E-state index in [1.54, 1.807) is 6.08 Å². The molecule has 0 bridgehead atoms. The van der Waals surface area contributed by atoms with Crippen LogP contribution in [0.2, 0.25) is 0 Å². The number of carbonyl (C=O) groups is 1. The van der Waals surface area contributed by atoms with Gasteiger partial charge in [-0.3, -0.25) is 4.79 Å². The van der Waals surface area contributed by atoms with Gasteiger partial charge in [-0.15, -0.1) is 0 Å². The molecule has 0 aromatic carbocycles. The average Bonchev–Trinajstić information content (AvgIpc) is 3.44. The Hall–Kier alpha value is -2.43. The van der Waals surface area contributed by atoms with Gasteiger partial charge in [0.2, 0.25) is 5.91 Å².